The lowest BCUT2D eigenvalue weighted by molar-refractivity contribution is -0.151. The molecule has 1 fully saturated rings. The molecule has 2 amide bonds. The molecule has 0 radical (unpaired) electrons. The van der Waals surface area contributed by atoms with Crippen molar-refractivity contribution in [2.24, 2.45) is 11.8 Å². The van der Waals surface area contributed by atoms with Crippen LogP contribution >= 0.6 is 11.3 Å². The minimum absolute atomic E-state index is 0.160. The third-order valence-electron chi connectivity index (χ3n) is 6.83. The van der Waals surface area contributed by atoms with Gasteiger partial charge in [0, 0.05) is 5.69 Å². The molecule has 1 saturated carbocycles. The van der Waals surface area contributed by atoms with Crippen LogP contribution < -0.4 is 10.6 Å². The number of anilines is 2. The highest BCUT2D eigenvalue weighted by Crippen LogP contribution is 2.36. The molecule has 0 spiro atoms. The summed E-state index contributed by atoms with van der Waals surface area (Å²) in [5, 5.41) is 7.71. The van der Waals surface area contributed by atoms with Crippen LogP contribution in [0.15, 0.2) is 60.0 Å². The van der Waals surface area contributed by atoms with Crippen LogP contribution in [0.1, 0.15) is 49.8 Å². The summed E-state index contributed by atoms with van der Waals surface area (Å²) < 4.78 is 10.5. The minimum Gasteiger partial charge on any atom is -0.469 e. The summed E-state index contributed by atoms with van der Waals surface area (Å²) in [4.78, 5) is 38.5. The fourth-order valence-electron chi connectivity index (χ4n) is 4.86. The van der Waals surface area contributed by atoms with Gasteiger partial charge in [-0.1, -0.05) is 49.2 Å². The number of benzene rings is 2. The number of ether oxygens (including phenoxy) is 2. The van der Waals surface area contributed by atoms with Gasteiger partial charge in [0.15, 0.2) is 0 Å². The highest BCUT2D eigenvalue weighted by atomic mass is 32.1. The average molecular weight is 521 g/mol. The monoisotopic (exact) mass is 520 g/mol. The predicted octanol–water partition coefficient (Wildman–Crippen LogP) is 6.95. The highest BCUT2D eigenvalue weighted by Gasteiger charge is 2.36. The number of carbonyl (C=O) groups is 3. The van der Waals surface area contributed by atoms with E-state index in [0.717, 1.165) is 34.4 Å². The van der Waals surface area contributed by atoms with Gasteiger partial charge in [-0.2, -0.15) is 0 Å². The van der Waals surface area contributed by atoms with E-state index in [1.807, 2.05) is 73.8 Å². The van der Waals surface area contributed by atoms with Gasteiger partial charge in [-0.3, -0.25) is 14.9 Å². The van der Waals surface area contributed by atoms with Crippen molar-refractivity contribution in [2.75, 3.05) is 17.7 Å². The maximum Gasteiger partial charge on any atom is 0.412 e. The van der Waals surface area contributed by atoms with Crippen LogP contribution in [-0.2, 0) is 19.1 Å². The maximum absolute atomic E-state index is 12.9. The number of nitrogens with one attached hydrogen (secondary N) is 2. The third kappa shape index (κ3) is 6.38. The van der Waals surface area contributed by atoms with Crippen molar-refractivity contribution >= 4 is 40.7 Å². The zero-order chi connectivity index (χ0) is 26.4. The molecule has 8 heteroatoms. The molecule has 1 aliphatic rings. The van der Waals surface area contributed by atoms with E-state index in [9.17, 15) is 14.4 Å². The van der Waals surface area contributed by atoms with Crippen molar-refractivity contribution in [3.05, 3.63) is 71.1 Å². The molecule has 2 N–H and O–H groups in total. The van der Waals surface area contributed by atoms with E-state index in [1.54, 1.807) is 0 Å². The molecule has 1 aromatic heterocycles. The maximum atomic E-state index is 12.9. The summed E-state index contributed by atoms with van der Waals surface area (Å²) in [6.45, 7) is 3.84. The van der Waals surface area contributed by atoms with E-state index in [2.05, 4.69) is 10.6 Å². The van der Waals surface area contributed by atoms with Crippen LogP contribution in [-0.4, -0.2) is 25.1 Å². The van der Waals surface area contributed by atoms with Gasteiger partial charge in [0.25, 0.3) is 0 Å². The Kier molecular flexibility index (Phi) is 8.61. The van der Waals surface area contributed by atoms with E-state index < -0.39 is 12.0 Å². The second-order valence-corrected chi connectivity index (χ2v) is 10.2. The fourth-order valence-corrected chi connectivity index (χ4v) is 5.71. The lowest BCUT2D eigenvalue weighted by atomic mass is 9.78. The number of thiophene rings is 1. The summed E-state index contributed by atoms with van der Waals surface area (Å²) in [7, 11) is 1.36. The number of rotatable bonds is 7. The first-order valence-corrected chi connectivity index (χ1v) is 13.3. The zero-order valence-corrected chi connectivity index (χ0v) is 22.1. The van der Waals surface area contributed by atoms with E-state index in [4.69, 9.17) is 9.47 Å². The van der Waals surface area contributed by atoms with Gasteiger partial charge >= 0.3 is 12.1 Å². The molecular weight excluding hydrogens is 488 g/mol. The SMILES string of the molecule is COC(=O)C1CCCCC1C(=O)Nc1ccc(-c2sccc2NC(=O)O[C@H](C)c2ccccc2C)cc1. The van der Waals surface area contributed by atoms with Crippen LogP contribution in [0.3, 0.4) is 0 Å². The molecule has 194 valence electrons. The molecule has 1 heterocycles. The van der Waals surface area contributed by atoms with Crippen LogP contribution in [0.4, 0.5) is 16.2 Å². The zero-order valence-electron chi connectivity index (χ0n) is 21.3. The number of hydrogen-bond donors (Lipinski definition) is 2. The van der Waals surface area contributed by atoms with Crippen molar-refractivity contribution in [3.63, 3.8) is 0 Å². The first-order chi connectivity index (χ1) is 17.9. The highest BCUT2D eigenvalue weighted by molar-refractivity contribution is 7.14. The topological polar surface area (TPSA) is 93.7 Å². The molecule has 1 aliphatic carbocycles. The van der Waals surface area contributed by atoms with Crippen LogP contribution in [0.25, 0.3) is 10.4 Å². The van der Waals surface area contributed by atoms with Crippen molar-refractivity contribution in [3.8, 4) is 10.4 Å². The number of hydrogen-bond acceptors (Lipinski definition) is 6. The summed E-state index contributed by atoms with van der Waals surface area (Å²) in [6.07, 6.45) is 2.29. The van der Waals surface area contributed by atoms with Crippen LogP contribution in [0, 0.1) is 18.8 Å². The summed E-state index contributed by atoms with van der Waals surface area (Å²) in [5.74, 6) is -1.26. The summed E-state index contributed by atoms with van der Waals surface area (Å²) >= 11 is 1.50. The van der Waals surface area contributed by atoms with E-state index in [1.165, 1.54) is 18.4 Å². The third-order valence-corrected chi connectivity index (χ3v) is 7.80. The van der Waals surface area contributed by atoms with Gasteiger partial charge in [-0.05, 0) is 67.0 Å². The van der Waals surface area contributed by atoms with Crippen molar-refractivity contribution in [1.29, 1.82) is 0 Å². The predicted molar refractivity (Wildman–Crippen MR) is 146 cm³/mol. The summed E-state index contributed by atoms with van der Waals surface area (Å²) in [5.41, 5.74) is 4.25. The standard InChI is InChI=1S/C29H32N2O5S/c1-18-8-4-5-9-22(18)19(2)36-29(34)31-25-16-17-37-26(25)20-12-14-21(15-13-20)30-27(32)23-10-6-7-11-24(23)28(33)35-3/h4-5,8-9,12-17,19,23-24H,6-7,10-11H2,1-3H3,(H,30,32)(H,31,34)/t19-,23?,24?/m1/s1. The number of carbonyl (C=O) groups excluding carboxylic acids is 3. The Morgan fingerprint density at radius 1 is 0.946 bits per heavy atom. The van der Waals surface area contributed by atoms with Gasteiger partial charge in [0.2, 0.25) is 5.91 Å². The Balaban J connectivity index is 1.39. The molecule has 4 rings (SSSR count). The van der Waals surface area contributed by atoms with E-state index in [-0.39, 0.29) is 23.9 Å². The Hall–Kier alpha value is -3.65. The van der Waals surface area contributed by atoms with Crippen molar-refractivity contribution in [2.45, 2.75) is 45.6 Å². The number of esters is 1. The Bertz CT molecular complexity index is 1250. The molecule has 3 aromatic rings. The molecule has 0 saturated heterocycles. The number of amides is 2. The average Bonchev–Trinajstić information content (AvgIpc) is 3.36. The molecule has 7 nitrogen and oxygen atoms in total. The van der Waals surface area contributed by atoms with Gasteiger partial charge in [0.1, 0.15) is 6.10 Å². The molecule has 37 heavy (non-hydrogen) atoms. The second kappa shape index (κ2) is 12.1. The molecule has 0 bridgehead atoms. The Morgan fingerprint density at radius 2 is 1.65 bits per heavy atom. The van der Waals surface area contributed by atoms with Gasteiger partial charge in [0.05, 0.1) is 29.5 Å². The largest absolute Gasteiger partial charge is 0.469 e. The molecule has 2 aromatic carbocycles. The number of aryl methyl sites for hydroxylation is 1. The van der Waals surface area contributed by atoms with Crippen molar-refractivity contribution < 1.29 is 23.9 Å². The summed E-state index contributed by atoms with van der Waals surface area (Å²) in [6, 6.07) is 17.1. The molecule has 3 atom stereocenters. The van der Waals surface area contributed by atoms with Crippen molar-refractivity contribution in [1.82, 2.24) is 0 Å². The van der Waals surface area contributed by atoms with E-state index >= 15 is 0 Å². The Morgan fingerprint density at radius 3 is 2.35 bits per heavy atom. The smallest absolute Gasteiger partial charge is 0.412 e. The Labute approximate surface area is 221 Å². The normalized spacial score (nSPS) is 17.9. The van der Waals surface area contributed by atoms with Gasteiger partial charge in [-0.15, -0.1) is 11.3 Å². The molecule has 2 unspecified atom stereocenters. The molecule has 0 aliphatic heterocycles. The van der Waals surface area contributed by atoms with Crippen LogP contribution in [0.5, 0.6) is 0 Å². The van der Waals surface area contributed by atoms with Crippen LogP contribution in [0.2, 0.25) is 0 Å². The quantitative estimate of drug-likeness (QED) is 0.329. The second-order valence-electron chi connectivity index (χ2n) is 9.28. The molecular formula is C29H32N2O5S. The first kappa shape index (κ1) is 26.4. The minimum atomic E-state index is -0.521. The van der Waals surface area contributed by atoms with Gasteiger partial charge < -0.3 is 14.8 Å². The fraction of sp³-hybridized carbons (Fsp3) is 0.345. The number of methoxy groups -OCH3 is 1. The van der Waals surface area contributed by atoms with E-state index in [0.29, 0.717) is 24.2 Å². The lowest BCUT2D eigenvalue weighted by Crippen LogP contribution is -2.36. The lowest BCUT2D eigenvalue weighted by Gasteiger charge is -2.28. The first-order valence-electron chi connectivity index (χ1n) is 12.5. The van der Waals surface area contributed by atoms with Gasteiger partial charge in [-0.25, -0.2) is 4.79 Å².